The van der Waals surface area contributed by atoms with Crippen molar-refractivity contribution >= 4 is 11.7 Å². The first-order chi connectivity index (χ1) is 10.3. The largest absolute Gasteiger partial charge is 0.369 e. The minimum absolute atomic E-state index is 0.174. The maximum atomic E-state index is 12.3. The Labute approximate surface area is 123 Å². The number of nitrogens with zero attached hydrogens (tertiary/aromatic N) is 4. The molecule has 2 heterocycles. The predicted octanol–water partition coefficient (Wildman–Crippen LogP) is 1.44. The van der Waals surface area contributed by atoms with Crippen LogP contribution in [0.3, 0.4) is 0 Å². The lowest BCUT2D eigenvalue weighted by Crippen LogP contribution is -2.26. The first kappa shape index (κ1) is 15.0. The first-order valence-corrected chi connectivity index (χ1v) is 7.10. The molecule has 0 radical (unpaired) electrons. The van der Waals surface area contributed by atoms with E-state index in [0.29, 0.717) is 17.9 Å². The smallest absolute Gasteiger partial charge is 0.255 e. The van der Waals surface area contributed by atoms with Crippen LogP contribution in [-0.2, 0) is 13.1 Å². The van der Waals surface area contributed by atoms with Gasteiger partial charge in [0.15, 0.2) is 5.82 Å². The monoisotopic (exact) mass is 288 g/mol. The van der Waals surface area contributed by atoms with Crippen molar-refractivity contribution in [2.24, 2.45) is 0 Å². The zero-order valence-corrected chi connectivity index (χ0v) is 12.3. The predicted molar refractivity (Wildman–Crippen MR) is 79.9 cm³/mol. The molecule has 0 saturated heterocycles. The third kappa shape index (κ3) is 3.77. The van der Waals surface area contributed by atoms with E-state index < -0.39 is 0 Å². The number of amides is 1. The Kier molecular flexibility index (Phi) is 5.25. The number of hydrogen-bond acceptors (Lipinski definition) is 5. The lowest BCUT2D eigenvalue weighted by molar-refractivity contribution is 0.0950. The normalized spacial score (nSPS) is 10.4. The highest BCUT2D eigenvalue weighted by atomic mass is 16.1. The molecule has 0 saturated carbocycles. The number of carbonyl (C=O) groups is 1. The van der Waals surface area contributed by atoms with Gasteiger partial charge in [0.05, 0.1) is 12.1 Å². The van der Waals surface area contributed by atoms with Crippen LogP contribution in [0.25, 0.3) is 0 Å². The molecule has 2 aromatic heterocycles. The summed E-state index contributed by atoms with van der Waals surface area (Å²) in [4.78, 5) is 16.5. The van der Waals surface area contributed by atoms with Gasteiger partial charge in [0.2, 0.25) is 0 Å². The second-order valence-corrected chi connectivity index (χ2v) is 4.54. The van der Waals surface area contributed by atoms with Gasteiger partial charge in [-0.3, -0.25) is 4.79 Å². The van der Waals surface area contributed by atoms with E-state index in [0.717, 1.165) is 25.3 Å². The maximum absolute atomic E-state index is 12.3. The standard InChI is InChI=1S/C14H20N6O/c1-3-7-15-13-11(6-5-8-16-13)14(21)17-9-12-19-18-10-20(12)4-2/h5-6,8,10H,3-4,7,9H2,1-2H3,(H,15,16)(H,17,21). The molecule has 0 spiro atoms. The minimum Gasteiger partial charge on any atom is -0.369 e. The molecule has 0 fully saturated rings. The van der Waals surface area contributed by atoms with Crippen LogP contribution in [0.5, 0.6) is 0 Å². The second kappa shape index (κ2) is 7.37. The van der Waals surface area contributed by atoms with Crippen molar-refractivity contribution in [2.45, 2.75) is 33.4 Å². The molecule has 0 aliphatic heterocycles. The molecule has 0 bridgehead atoms. The zero-order valence-electron chi connectivity index (χ0n) is 12.3. The van der Waals surface area contributed by atoms with Crippen molar-refractivity contribution in [1.82, 2.24) is 25.1 Å². The molecule has 0 aliphatic rings. The van der Waals surface area contributed by atoms with E-state index in [1.807, 2.05) is 11.5 Å². The summed E-state index contributed by atoms with van der Waals surface area (Å²) in [5.41, 5.74) is 0.536. The van der Waals surface area contributed by atoms with E-state index in [2.05, 4.69) is 32.7 Å². The van der Waals surface area contributed by atoms with Gasteiger partial charge in [-0.1, -0.05) is 6.92 Å². The van der Waals surface area contributed by atoms with Gasteiger partial charge >= 0.3 is 0 Å². The number of anilines is 1. The molecule has 0 aliphatic carbocycles. The van der Waals surface area contributed by atoms with Crippen molar-refractivity contribution in [3.05, 3.63) is 36.0 Å². The number of hydrogen-bond donors (Lipinski definition) is 2. The van der Waals surface area contributed by atoms with Gasteiger partial charge < -0.3 is 15.2 Å². The molecule has 1 amide bonds. The Hall–Kier alpha value is -2.44. The van der Waals surface area contributed by atoms with Gasteiger partial charge in [0.1, 0.15) is 12.1 Å². The molecule has 21 heavy (non-hydrogen) atoms. The van der Waals surface area contributed by atoms with Crippen molar-refractivity contribution in [3.63, 3.8) is 0 Å². The van der Waals surface area contributed by atoms with Crippen LogP contribution in [0, 0.1) is 0 Å². The molecule has 0 aromatic carbocycles. The topological polar surface area (TPSA) is 84.7 Å². The molecular weight excluding hydrogens is 268 g/mol. The number of pyridine rings is 1. The van der Waals surface area contributed by atoms with Crippen LogP contribution in [0.4, 0.5) is 5.82 Å². The van der Waals surface area contributed by atoms with Crippen molar-refractivity contribution in [1.29, 1.82) is 0 Å². The quantitative estimate of drug-likeness (QED) is 0.805. The molecule has 7 nitrogen and oxygen atoms in total. The molecular formula is C14H20N6O. The summed E-state index contributed by atoms with van der Waals surface area (Å²) in [6, 6.07) is 3.51. The van der Waals surface area contributed by atoms with Gasteiger partial charge in [0, 0.05) is 19.3 Å². The van der Waals surface area contributed by atoms with Crippen LogP contribution in [0.1, 0.15) is 36.5 Å². The number of carbonyl (C=O) groups excluding carboxylic acids is 1. The summed E-state index contributed by atoms with van der Waals surface area (Å²) in [6.45, 7) is 5.96. The number of aromatic nitrogens is 4. The molecule has 2 aromatic rings. The fourth-order valence-electron chi connectivity index (χ4n) is 1.91. The van der Waals surface area contributed by atoms with E-state index in [-0.39, 0.29) is 5.91 Å². The maximum Gasteiger partial charge on any atom is 0.255 e. The number of nitrogens with one attached hydrogen (secondary N) is 2. The average molecular weight is 288 g/mol. The summed E-state index contributed by atoms with van der Waals surface area (Å²) in [5.74, 6) is 1.17. The van der Waals surface area contributed by atoms with E-state index in [1.54, 1.807) is 24.7 Å². The fraction of sp³-hybridized carbons (Fsp3) is 0.429. The molecule has 2 rings (SSSR count). The van der Waals surface area contributed by atoms with E-state index in [1.165, 1.54) is 0 Å². The van der Waals surface area contributed by atoms with Gasteiger partial charge in [-0.05, 0) is 25.5 Å². The SMILES string of the molecule is CCCNc1ncccc1C(=O)NCc1nncn1CC. The van der Waals surface area contributed by atoms with Gasteiger partial charge in [0.25, 0.3) is 5.91 Å². The molecule has 0 atom stereocenters. The fourth-order valence-corrected chi connectivity index (χ4v) is 1.91. The zero-order chi connectivity index (χ0) is 15.1. The highest BCUT2D eigenvalue weighted by Crippen LogP contribution is 2.11. The highest BCUT2D eigenvalue weighted by molar-refractivity contribution is 5.98. The number of aryl methyl sites for hydroxylation is 1. The lowest BCUT2D eigenvalue weighted by Gasteiger charge is -2.10. The average Bonchev–Trinajstić information content (AvgIpc) is 2.98. The van der Waals surface area contributed by atoms with E-state index >= 15 is 0 Å². The Bertz CT molecular complexity index is 595. The Morgan fingerprint density at radius 2 is 2.24 bits per heavy atom. The van der Waals surface area contributed by atoms with Crippen LogP contribution >= 0.6 is 0 Å². The summed E-state index contributed by atoms with van der Waals surface area (Å²) < 4.78 is 1.89. The number of rotatable bonds is 7. The first-order valence-electron chi connectivity index (χ1n) is 7.10. The third-order valence-electron chi connectivity index (χ3n) is 3.04. The van der Waals surface area contributed by atoms with Gasteiger partial charge in [-0.25, -0.2) is 4.98 Å². The Morgan fingerprint density at radius 1 is 1.38 bits per heavy atom. The Balaban J connectivity index is 2.03. The van der Waals surface area contributed by atoms with Crippen molar-refractivity contribution < 1.29 is 4.79 Å². The summed E-state index contributed by atoms with van der Waals surface area (Å²) >= 11 is 0. The molecule has 0 unspecified atom stereocenters. The van der Waals surface area contributed by atoms with E-state index in [4.69, 9.17) is 0 Å². The van der Waals surface area contributed by atoms with Gasteiger partial charge in [-0.2, -0.15) is 0 Å². The summed E-state index contributed by atoms with van der Waals surface area (Å²) in [6.07, 6.45) is 4.29. The van der Waals surface area contributed by atoms with Crippen LogP contribution < -0.4 is 10.6 Å². The molecule has 7 heteroatoms. The van der Waals surface area contributed by atoms with E-state index in [9.17, 15) is 4.79 Å². The summed E-state index contributed by atoms with van der Waals surface area (Å²) in [5, 5.41) is 13.8. The second-order valence-electron chi connectivity index (χ2n) is 4.54. The lowest BCUT2D eigenvalue weighted by atomic mass is 10.2. The summed E-state index contributed by atoms with van der Waals surface area (Å²) in [7, 11) is 0. The Morgan fingerprint density at radius 3 is 3.00 bits per heavy atom. The van der Waals surface area contributed by atoms with Crippen LogP contribution in [0.2, 0.25) is 0 Å². The molecule has 2 N–H and O–H groups in total. The minimum atomic E-state index is -0.174. The van der Waals surface area contributed by atoms with Crippen LogP contribution in [-0.4, -0.2) is 32.2 Å². The third-order valence-corrected chi connectivity index (χ3v) is 3.04. The highest BCUT2D eigenvalue weighted by Gasteiger charge is 2.12. The van der Waals surface area contributed by atoms with Gasteiger partial charge in [-0.15, -0.1) is 10.2 Å². The molecule has 112 valence electrons. The van der Waals surface area contributed by atoms with Crippen LogP contribution in [0.15, 0.2) is 24.7 Å². The van der Waals surface area contributed by atoms with Crippen molar-refractivity contribution in [2.75, 3.05) is 11.9 Å². The van der Waals surface area contributed by atoms with Crippen molar-refractivity contribution in [3.8, 4) is 0 Å².